The fraction of sp³-hybridized carbons (Fsp3) is 0.462. The van der Waals surface area contributed by atoms with E-state index in [2.05, 4.69) is 5.32 Å². The van der Waals surface area contributed by atoms with Gasteiger partial charge in [-0.1, -0.05) is 0 Å². The standard InChI is InChI=1S/C13H19FN2O2/c1-8(17)4-3-5-16-13(18)10-6-11(14)9(2)12(15)7-10/h6-8,17H,3-5,15H2,1-2H3,(H,16,18). The average molecular weight is 254 g/mol. The van der Waals surface area contributed by atoms with E-state index in [-0.39, 0.29) is 23.3 Å². The normalized spacial score (nSPS) is 12.2. The van der Waals surface area contributed by atoms with Gasteiger partial charge >= 0.3 is 0 Å². The highest BCUT2D eigenvalue weighted by atomic mass is 19.1. The van der Waals surface area contributed by atoms with Crippen molar-refractivity contribution in [2.24, 2.45) is 0 Å². The third kappa shape index (κ3) is 4.00. The van der Waals surface area contributed by atoms with Crippen molar-refractivity contribution in [2.45, 2.75) is 32.8 Å². The average Bonchev–Trinajstić information content (AvgIpc) is 2.30. The summed E-state index contributed by atoms with van der Waals surface area (Å²) in [5, 5.41) is 11.7. The van der Waals surface area contributed by atoms with E-state index in [0.29, 0.717) is 24.9 Å². The number of halogens is 1. The van der Waals surface area contributed by atoms with Crippen molar-refractivity contribution in [1.29, 1.82) is 0 Å². The van der Waals surface area contributed by atoms with E-state index < -0.39 is 5.82 Å². The van der Waals surface area contributed by atoms with Crippen molar-refractivity contribution < 1.29 is 14.3 Å². The number of nitrogens with one attached hydrogen (secondary N) is 1. The third-order valence-corrected chi connectivity index (χ3v) is 2.73. The highest BCUT2D eigenvalue weighted by Gasteiger charge is 2.10. The predicted molar refractivity (Wildman–Crippen MR) is 68.8 cm³/mol. The van der Waals surface area contributed by atoms with Crippen molar-refractivity contribution >= 4 is 11.6 Å². The summed E-state index contributed by atoms with van der Waals surface area (Å²) in [6, 6.07) is 2.64. The van der Waals surface area contributed by atoms with Crippen LogP contribution in [0, 0.1) is 12.7 Å². The Balaban J connectivity index is 2.57. The SMILES string of the molecule is Cc1c(N)cc(C(=O)NCCCC(C)O)cc1F. The predicted octanol–water partition coefficient (Wildman–Crippen LogP) is 1.61. The van der Waals surface area contributed by atoms with Crippen molar-refractivity contribution in [2.75, 3.05) is 12.3 Å². The van der Waals surface area contributed by atoms with Gasteiger partial charge < -0.3 is 16.2 Å². The van der Waals surface area contributed by atoms with E-state index in [0.717, 1.165) is 0 Å². The third-order valence-electron chi connectivity index (χ3n) is 2.73. The monoisotopic (exact) mass is 254 g/mol. The molecule has 0 aliphatic rings. The zero-order chi connectivity index (χ0) is 13.7. The topological polar surface area (TPSA) is 75.4 Å². The summed E-state index contributed by atoms with van der Waals surface area (Å²) < 4.78 is 13.4. The summed E-state index contributed by atoms with van der Waals surface area (Å²) in [4.78, 5) is 11.7. The fourth-order valence-corrected chi connectivity index (χ4v) is 1.53. The number of nitrogen functional groups attached to an aromatic ring is 1. The molecule has 0 aliphatic carbocycles. The minimum atomic E-state index is -0.482. The Morgan fingerprint density at radius 3 is 2.78 bits per heavy atom. The first-order valence-corrected chi connectivity index (χ1v) is 5.93. The zero-order valence-electron chi connectivity index (χ0n) is 10.7. The summed E-state index contributed by atoms with van der Waals surface area (Å²) in [5.41, 5.74) is 6.43. The van der Waals surface area contributed by atoms with Gasteiger partial charge in [-0.05, 0) is 38.8 Å². The van der Waals surface area contributed by atoms with Crippen molar-refractivity contribution in [3.05, 3.63) is 29.1 Å². The van der Waals surface area contributed by atoms with Crippen LogP contribution < -0.4 is 11.1 Å². The van der Waals surface area contributed by atoms with Crippen LogP contribution in [0.4, 0.5) is 10.1 Å². The maximum absolute atomic E-state index is 13.4. The molecule has 0 aliphatic heterocycles. The molecular weight excluding hydrogens is 235 g/mol. The Labute approximate surface area is 106 Å². The second kappa shape index (κ2) is 6.35. The molecule has 1 atom stereocenters. The number of aliphatic hydroxyl groups is 1. The van der Waals surface area contributed by atoms with E-state index in [1.54, 1.807) is 13.8 Å². The molecule has 4 nitrogen and oxygen atoms in total. The van der Waals surface area contributed by atoms with Gasteiger partial charge in [0, 0.05) is 23.4 Å². The van der Waals surface area contributed by atoms with E-state index in [4.69, 9.17) is 10.8 Å². The molecule has 1 aromatic carbocycles. The number of aliphatic hydroxyl groups excluding tert-OH is 1. The molecule has 18 heavy (non-hydrogen) atoms. The number of hydrogen-bond donors (Lipinski definition) is 3. The molecule has 1 aromatic rings. The lowest BCUT2D eigenvalue weighted by molar-refractivity contribution is 0.0949. The number of amides is 1. The van der Waals surface area contributed by atoms with Gasteiger partial charge in [-0.3, -0.25) is 4.79 Å². The first kappa shape index (κ1) is 14.4. The largest absolute Gasteiger partial charge is 0.398 e. The first-order chi connectivity index (χ1) is 8.41. The van der Waals surface area contributed by atoms with Crippen LogP contribution >= 0.6 is 0 Å². The van der Waals surface area contributed by atoms with E-state index in [1.165, 1.54) is 12.1 Å². The van der Waals surface area contributed by atoms with Gasteiger partial charge in [0.25, 0.3) is 5.91 Å². The number of rotatable bonds is 5. The summed E-state index contributed by atoms with van der Waals surface area (Å²) in [7, 11) is 0. The lowest BCUT2D eigenvalue weighted by Gasteiger charge is -2.08. The molecule has 100 valence electrons. The van der Waals surface area contributed by atoms with Gasteiger partial charge in [-0.2, -0.15) is 0 Å². The molecule has 0 radical (unpaired) electrons. The van der Waals surface area contributed by atoms with Gasteiger partial charge in [-0.15, -0.1) is 0 Å². The smallest absolute Gasteiger partial charge is 0.251 e. The maximum Gasteiger partial charge on any atom is 0.251 e. The number of carbonyl (C=O) groups excluding carboxylic acids is 1. The van der Waals surface area contributed by atoms with Crippen molar-refractivity contribution in [3.8, 4) is 0 Å². The van der Waals surface area contributed by atoms with Crippen LogP contribution in [0.3, 0.4) is 0 Å². The highest BCUT2D eigenvalue weighted by Crippen LogP contribution is 2.17. The van der Waals surface area contributed by atoms with Crippen LogP contribution in [0.2, 0.25) is 0 Å². The molecule has 4 N–H and O–H groups in total. The number of nitrogens with two attached hydrogens (primary N) is 1. The number of hydrogen-bond acceptors (Lipinski definition) is 3. The highest BCUT2D eigenvalue weighted by molar-refractivity contribution is 5.95. The quantitative estimate of drug-likeness (QED) is 0.552. The number of carbonyl (C=O) groups is 1. The Kier molecular flexibility index (Phi) is 5.09. The molecular formula is C13H19FN2O2. The van der Waals surface area contributed by atoms with Crippen LogP contribution in [0.5, 0.6) is 0 Å². The molecule has 0 spiro atoms. The van der Waals surface area contributed by atoms with Crippen LogP contribution in [0.1, 0.15) is 35.7 Å². The van der Waals surface area contributed by atoms with Gasteiger partial charge in [-0.25, -0.2) is 4.39 Å². The van der Waals surface area contributed by atoms with Crippen LogP contribution in [-0.4, -0.2) is 23.7 Å². The van der Waals surface area contributed by atoms with Crippen LogP contribution in [0.25, 0.3) is 0 Å². The molecule has 1 rings (SSSR count). The molecule has 0 fully saturated rings. The van der Waals surface area contributed by atoms with E-state index >= 15 is 0 Å². The lowest BCUT2D eigenvalue weighted by Crippen LogP contribution is -2.25. The summed E-state index contributed by atoms with van der Waals surface area (Å²) in [6.45, 7) is 3.70. The molecule has 0 aromatic heterocycles. The summed E-state index contributed by atoms with van der Waals surface area (Å²) in [6.07, 6.45) is 0.909. The Morgan fingerprint density at radius 2 is 2.22 bits per heavy atom. The zero-order valence-corrected chi connectivity index (χ0v) is 10.7. The van der Waals surface area contributed by atoms with Crippen molar-refractivity contribution in [3.63, 3.8) is 0 Å². The van der Waals surface area contributed by atoms with E-state index in [1.807, 2.05) is 0 Å². The van der Waals surface area contributed by atoms with Gasteiger partial charge in [0.05, 0.1) is 6.10 Å². The van der Waals surface area contributed by atoms with Gasteiger partial charge in [0.2, 0.25) is 0 Å². The Hall–Kier alpha value is -1.62. The molecule has 5 heteroatoms. The second-order valence-corrected chi connectivity index (χ2v) is 4.42. The minimum absolute atomic E-state index is 0.215. The van der Waals surface area contributed by atoms with Crippen molar-refractivity contribution in [1.82, 2.24) is 5.32 Å². The molecule has 1 amide bonds. The van der Waals surface area contributed by atoms with E-state index in [9.17, 15) is 9.18 Å². The number of benzene rings is 1. The van der Waals surface area contributed by atoms with Gasteiger partial charge in [0.15, 0.2) is 0 Å². The lowest BCUT2D eigenvalue weighted by atomic mass is 10.1. The summed E-state index contributed by atoms with van der Waals surface area (Å²) >= 11 is 0. The van der Waals surface area contributed by atoms with Gasteiger partial charge in [0.1, 0.15) is 5.82 Å². The molecule has 0 saturated heterocycles. The Bertz CT molecular complexity index is 410. The first-order valence-electron chi connectivity index (χ1n) is 5.93. The summed E-state index contributed by atoms with van der Waals surface area (Å²) in [5.74, 6) is -0.838. The molecule has 0 heterocycles. The maximum atomic E-state index is 13.4. The second-order valence-electron chi connectivity index (χ2n) is 4.42. The molecule has 1 unspecified atom stereocenters. The fourth-order valence-electron chi connectivity index (χ4n) is 1.53. The van der Waals surface area contributed by atoms with Crippen LogP contribution in [-0.2, 0) is 0 Å². The molecule has 0 saturated carbocycles. The number of anilines is 1. The minimum Gasteiger partial charge on any atom is -0.398 e. The van der Waals surface area contributed by atoms with Crippen LogP contribution in [0.15, 0.2) is 12.1 Å². The Morgan fingerprint density at radius 1 is 1.56 bits per heavy atom. The molecule has 0 bridgehead atoms.